The van der Waals surface area contributed by atoms with Gasteiger partial charge in [0.15, 0.2) is 0 Å². The minimum Gasteiger partial charge on any atom is -0.247 e. The van der Waals surface area contributed by atoms with Gasteiger partial charge in [-0.1, -0.05) is 13.8 Å². The maximum Gasteiger partial charge on any atom is 0.100 e. The van der Waals surface area contributed by atoms with Gasteiger partial charge in [0.25, 0.3) is 0 Å². The summed E-state index contributed by atoms with van der Waals surface area (Å²) >= 11 is 0. The quantitative estimate of drug-likeness (QED) is 0.576. The van der Waals surface area contributed by atoms with Crippen LogP contribution in [0.4, 0.5) is 4.39 Å². The van der Waals surface area contributed by atoms with Crippen molar-refractivity contribution in [1.29, 1.82) is 0 Å². The molecule has 11 heavy (non-hydrogen) atoms. The summed E-state index contributed by atoms with van der Waals surface area (Å²) in [4.78, 5) is 0. The Hall–Kier alpha value is -0.0700. The van der Waals surface area contributed by atoms with Gasteiger partial charge < -0.3 is 0 Å². The maximum absolute atomic E-state index is 12.7. The van der Waals surface area contributed by atoms with Gasteiger partial charge in [0.05, 0.1) is 0 Å². The van der Waals surface area contributed by atoms with Crippen LogP contribution in [-0.2, 0) is 0 Å². The highest BCUT2D eigenvalue weighted by Gasteiger charge is 2.20. The van der Waals surface area contributed by atoms with E-state index >= 15 is 0 Å². The van der Waals surface area contributed by atoms with Gasteiger partial charge in [0.2, 0.25) is 0 Å². The van der Waals surface area contributed by atoms with Gasteiger partial charge in [-0.25, -0.2) is 4.39 Å². The summed E-state index contributed by atoms with van der Waals surface area (Å²) < 4.78 is 12.7. The van der Waals surface area contributed by atoms with Crippen LogP contribution in [-0.4, -0.2) is 6.17 Å². The third-order valence-corrected chi connectivity index (χ3v) is 2.58. The first-order chi connectivity index (χ1) is 5.18. The van der Waals surface area contributed by atoms with Gasteiger partial charge in [0, 0.05) is 0 Å². The van der Waals surface area contributed by atoms with Crippen molar-refractivity contribution in [2.45, 2.75) is 52.1 Å². The molecule has 0 aromatic carbocycles. The highest BCUT2D eigenvalue weighted by Crippen LogP contribution is 2.30. The summed E-state index contributed by atoms with van der Waals surface area (Å²) in [5.74, 6) is 1.61. The highest BCUT2D eigenvalue weighted by molar-refractivity contribution is 4.72. The van der Waals surface area contributed by atoms with Crippen molar-refractivity contribution in [2.75, 3.05) is 0 Å². The zero-order valence-electron chi connectivity index (χ0n) is 7.65. The van der Waals surface area contributed by atoms with E-state index in [1.807, 2.05) is 0 Å². The van der Waals surface area contributed by atoms with Crippen LogP contribution in [0.15, 0.2) is 0 Å². The molecule has 66 valence electrons. The second kappa shape index (κ2) is 4.08. The van der Waals surface area contributed by atoms with Gasteiger partial charge in [0.1, 0.15) is 6.17 Å². The fraction of sp³-hybridized carbons (Fsp3) is 1.00. The zero-order chi connectivity index (χ0) is 8.27. The third-order valence-electron chi connectivity index (χ3n) is 2.58. The average molecular weight is 158 g/mol. The van der Waals surface area contributed by atoms with Gasteiger partial charge in [-0.2, -0.15) is 0 Å². The summed E-state index contributed by atoms with van der Waals surface area (Å²) in [7, 11) is 0. The normalized spacial score (nSPS) is 32.7. The Morgan fingerprint density at radius 3 is 2.18 bits per heavy atom. The molecule has 1 fully saturated rings. The van der Waals surface area contributed by atoms with E-state index < -0.39 is 6.17 Å². The molecule has 0 heterocycles. The lowest BCUT2D eigenvalue weighted by Crippen LogP contribution is -2.16. The first-order valence-electron chi connectivity index (χ1n) is 4.82. The Kier molecular flexibility index (Phi) is 3.35. The Morgan fingerprint density at radius 2 is 1.73 bits per heavy atom. The lowest BCUT2D eigenvalue weighted by Gasteiger charge is -2.25. The molecule has 1 rings (SSSR count). The van der Waals surface area contributed by atoms with Crippen LogP contribution in [0.25, 0.3) is 0 Å². The predicted octanol–water partition coefficient (Wildman–Crippen LogP) is 3.56. The number of hydrogen-bond donors (Lipinski definition) is 0. The van der Waals surface area contributed by atoms with Crippen molar-refractivity contribution < 1.29 is 4.39 Å². The van der Waals surface area contributed by atoms with Crippen LogP contribution in [0.3, 0.4) is 0 Å². The molecule has 0 N–H and O–H groups in total. The SMILES string of the molecule is CC(C)C[C@H]1CC[C@@H](F)CC1. The minimum absolute atomic E-state index is 0.488. The fourth-order valence-electron chi connectivity index (χ4n) is 2.02. The molecule has 0 nitrogen and oxygen atoms in total. The van der Waals surface area contributed by atoms with Crippen molar-refractivity contribution in [3.05, 3.63) is 0 Å². The molecule has 0 bridgehead atoms. The Labute approximate surface area is 69.2 Å². The van der Waals surface area contributed by atoms with E-state index in [9.17, 15) is 4.39 Å². The lowest BCUT2D eigenvalue weighted by atomic mass is 9.83. The molecule has 0 radical (unpaired) electrons. The van der Waals surface area contributed by atoms with E-state index in [1.165, 1.54) is 6.42 Å². The molecule has 1 aliphatic rings. The molecule has 0 aliphatic heterocycles. The molecular weight excluding hydrogens is 139 g/mol. The molecule has 0 unspecified atom stereocenters. The van der Waals surface area contributed by atoms with Crippen molar-refractivity contribution in [1.82, 2.24) is 0 Å². The van der Waals surface area contributed by atoms with E-state index in [2.05, 4.69) is 13.8 Å². The summed E-state index contributed by atoms with van der Waals surface area (Å²) in [6.45, 7) is 4.50. The molecule has 0 saturated heterocycles. The second-order valence-electron chi connectivity index (χ2n) is 4.25. The van der Waals surface area contributed by atoms with Crippen LogP contribution in [0.1, 0.15) is 46.0 Å². The summed E-state index contributed by atoms with van der Waals surface area (Å²) in [5.41, 5.74) is 0. The van der Waals surface area contributed by atoms with Crippen molar-refractivity contribution in [2.24, 2.45) is 11.8 Å². The molecule has 0 amide bonds. The highest BCUT2D eigenvalue weighted by atomic mass is 19.1. The average Bonchev–Trinajstić information content (AvgIpc) is 1.93. The van der Waals surface area contributed by atoms with Crippen LogP contribution in [0.2, 0.25) is 0 Å². The first kappa shape index (κ1) is 9.02. The lowest BCUT2D eigenvalue weighted by molar-refractivity contribution is 0.192. The van der Waals surface area contributed by atoms with Crippen LogP contribution in [0, 0.1) is 11.8 Å². The molecule has 0 aromatic heterocycles. The number of rotatable bonds is 2. The van der Waals surface area contributed by atoms with Crippen LogP contribution in [0.5, 0.6) is 0 Å². The molecule has 0 aromatic rings. The Balaban J connectivity index is 2.17. The van der Waals surface area contributed by atoms with E-state index in [-0.39, 0.29) is 0 Å². The topological polar surface area (TPSA) is 0 Å². The van der Waals surface area contributed by atoms with Crippen molar-refractivity contribution >= 4 is 0 Å². The Bertz CT molecular complexity index is 101. The minimum atomic E-state index is -0.488. The molecular formula is C10H19F. The molecule has 1 saturated carbocycles. The van der Waals surface area contributed by atoms with Gasteiger partial charge in [-0.3, -0.25) is 0 Å². The van der Waals surface area contributed by atoms with Gasteiger partial charge in [-0.05, 0) is 43.9 Å². The summed E-state index contributed by atoms with van der Waals surface area (Å²) in [5, 5.41) is 0. The standard InChI is InChI=1S/C10H19F/c1-8(2)7-9-3-5-10(11)6-4-9/h8-10H,3-7H2,1-2H3/t9-,10+. The largest absolute Gasteiger partial charge is 0.247 e. The predicted molar refractivity (Wildman–Crippen MR) is 46.3 cm³/mol. The van der Waals surface area contributed by atoms with Crippen molar-refractivity contribution in [3.63, 3.8) is 0 Å². The summed E-state index contributed by atoms with van der Waals surface area (Å²) in [6, 6.07) is 0. The zero-order valence-corrected chi connectivity index (χ0v) is 7.65. The van der Waals surface area contributed by atoms with E-state index in [0.29, 0.717) is 0 Å². The molecule has 0 atom stereocenters. The molecule has 1 aliphatic carbocycles. The first-order valence-corrected chi connectivity index (χ1v) is 4.82. The smallest absolute Gasteiger partial charge is 0.100 e. The second-order valence-corrected chi connectivity index (χ2v) is 4.25. The van der Waals surface area contributed by atoms with Gasteiger partial charge in [-0.15, -0.1) is 0 Å². The van der Waals surface area contributed by atoms with Crippen LogP contribution >= 0.6 is 0 Å². The molecule has 1 heteroatoms. The van der Waals surface area contributed by atoms with Crippen molar-refractivity contribution in [3.8, 4) is 0 Å². The van der Waals surface area contributed by atoms with Crippen LogP contribution < -0.4 is 0 Å². The maximum atomic E-state index is 12.7. The Morgan fingerprint density at radius 1 is 1.18 bits per heavy atom. The van der Waals surface area contributed by atoms with E-state index in [0.717, 1.165) is 37.5 Å². The third kappa shape index (κ3) is 3.22. The number of alkyl halides is 1. The monoisotopic (exact) mass is 158 g/mol. The summed E-state index contributed by atoms with van der Waals surface area (Å²) in [6.07, 6.45) is 4.69. The number of hydrogen-bond acceptors (Lipinski definition) is 0. The van der Waals surface area contributed by atoms with E-state index in [4.69, 9.17) is 0 Å². The number of halogens is 1. The molecule has 0 spiro atoms. The van der Waals surface area contributed by atoms with E-state index in [1.54, 1.807) is 0 Å². The fourth-order valence-corrected chi connectivity index (χ4v) is 2.02. The van der Waals surface area contributed by atoms with Gasteiger partial charge >= 0.3 is 0 Å².